The minimum Gasteiger partial charge on any atom is -0.397 e. The third kappa shape index (κ3) is 5.28. The highest BCUT2D eigenvalue weighted by Crippen LogP contribution is 2.28. The van der Waals surface area contributed by atoms with Crippen LogP contribution in [0.4, 0.5) is 0 Å². The Hall–Kier alpha value is -0.480. The fourth-order valence-electron chi connectivity index (χ4n) is 2.57. The van der Waals surface area contributed by atoms with Gasteiger partial charge in [0.2, 0.25) is 0 Å². The fourth-order valence-corrected chi connectivity index (χ4v) is 2.57. The Morgan fingerprint density at radius 3 is 1.73 bits per heavy atom. The topological polar surface area (TPSA) is 210 Å². The minimum atomic E-state index is -1.74. The third-order valence-electron chi connectivity index (χ3n) is 3.98. The van der Waals surface area contributed by atoms with Crippen LogP contribution in [0, 0.1) is 0 Å². The summed E-state index contributed by atoms with van der Waals surface area (Å²) in [5, 5.41) is 84.1. The zero-order valence-electron chi connectivity index (χ0n) is 14.1. The van der Waals surface area contributed by atoms with E-state index in [2.05, 4.69) is 0 Å². The molecule has 26 heavy (non-hydrogen) atoms. The number of hydrogen-bond donors (Lipinski definition) is 9. The molecule has 2 aliphatic rings. The molecule has 0 aromatic carbocycles. The lowest BCUT2D eigenvalue weighted by atomic mass is 9.97. The molecule has 0 bridgehead atoms. The van der Waals surface area contributed by atoms with Crippen molar-refractivity contribution in [2.75, 3.05) is 19.8 Å². The Kier molecular flexibility index (Phi) is 9.74. The molecule has 2 saturated heterocycles. The molecule has 0 saturated carbocycles. The van der Waals surface area contributed by atoms with Crippen LogP contribution in [0.1, 0.15) is 6.92 Å². The zero-order valence-corrected chi connectivity index (χ0v) is 14.1. The SMILES string of the molecule is CCO.OC[C@H]1O[C@H](O[C@H]2[C@H](O)[C@@H](O)[C@H](O)O[C@@H]2CO)[C@H](O)[C@@H](O)[C@@H]1O. The molecule has 9 N–H and O–H groups in total. The normalized spacial score (nSPS) is 46.4. The number of hydrogen-bond acceptors (Lipinski definition) is 12. The average Bonchev–Trinajstić information content (AvgIpc) is 2.62. The highest BCUT2D eigenvalue weighted by atomic mass is 16.7. The van der Waals surface area contributed by atoms with Crippen molar-refractivity contribution in [1.82, 2.24) is 0 Å². The van der Waals surface area contributed by atoms with E-state index in [1.165, 1.54) is 0 Å². The van der Waals surface area contributed by atoms with Crippen molar-refractivity contribution in [2.24, 2.45) is 0 Å². The molecular weight excluding hydrogens is 360 g/mol. The first-order chi connectivity index (χ1) is 12.2. The second-order valence-electron chi connectivity index (χ2n) is 5.84. The van der Waals surface area contributed by atoms with Crippen LogP contribution in [0.3, 0.4) is 0 Å². The molecule has 0 aliphatic carbocycles. The van der Waals surface area contributed by atoms with Crippen molar-refractivity contribution in [3.8, 4) is 0 Å². The molecule has 0 aromatic rings. The summed E-state index contributed by atoms with van der Waals surface area (Å²) in [5.74, 6) is 0. The standard InChI is InChI=1S/C12H22O11.C2H6O/c13-1-3-5(15)6(16)9(19)12(22-3)23-10-4(2-14)21-11(20)8(18)7(10)17;1-2-3/h3-20H,1-2H2;3H,2H2,1H3/t3-,4-,5-,6+,7-,8-,9-,10-,11-,12-;/m1./s1. The summed E-state index contributed by atoms with van der Waals surface area (Å²) < 4.78 is 15.3. The van der Waals surface area contributed by atoms with E-state index in [4.69, 9.17) is 24.4 Å². The van der Waals surface area contributed by atoms with Gasteiger partial charge in [0.05, 0.1) is 13.2 Å². The minimum absolute atomic E-state index is 0.250. The molecule has 0 unspecified atom stereocenters. The van der Waals surface area contributed by atoms with Crippen LogP contribution in [0.15, 0.2) is 0 Å². The van der Waals surface area contributed by atoms with Gasteiger partial charge in [-0.05, 0) is 6.92 Å². The first kappa shape index (κ1) is 23.6. The molecule has 12 heteroatoms. The highest BCUT2D eigenvalue weighted by molar-refractivity contribution is 4.93. The summed E-state index contributed by atoms with van der Waals surface area (Å²) in [7, 11) is 0. The Morgan fingerprint density at radius 2 is 1.23 bits per heavy atom. The van der Waals surface area contributed by atoms with Gasteiger partial charge in [-0.1, -0.05) is 0 Å². The molecule has 2 aliphatic heterocycles. The number of aliphatic hydroxyl groups excluding tert-OH is 9. The van der Waals surface area contributed by atoms with Crippen molar-refractivity contribution in [3.05, 3.63) is 0 Å². The van der Waals surface area contributed by atoms with Gasteiger partial charge in [0.1, 0.15) is 48.8 Å². The Balaban J connectivity index is 0.00000105. The molecule has 2 fully saturated rings. The smallest absolute Gasteiger partial charge is 0.187 e. The summed E-state index contributed by atoms with van der Waals surface area (Å²) in [6.07, 6.45) is -15.6. The van der Waals surface area contributed by atoms with E-state index < -0.39 is 74.6 Å². The van der Waals surface area contributed by atoms with E-state index in [1.807, 2.05) is 0 Å². The maximum Gasteiger partial charge on any atom is 0.187 e. The lowest BCUT2D eigenvalue weighted by molar-refractivity contribution is -0.355. The zero-order chi connectivity index (χ0) is 20.0. The van der Waals surface area contributed by atoms with E-state index in [9.17, 15) is 35.7 Å². The Morgan fingerprint density at radius 1 is 0.692 bits per heavy atom. The van der Waals surface area contributed by atoms with Crippen molar-refractivity contribution in [1.29, 1.82) is 0 Å². The van der Waals surface area contributed by atoms with Crippen LogP contribution in [0.5, 0.6) is 0 Å². The Bertz CT molecular complexity index is 394. The van der Waals surface area contributed by atoms with Gasteiger partial charge in [0.25, 0.3) is 0 Å². The van der Waals surface area contributed by atoms with Crippen LogP contribution < -0.4 is 0 Å². The average molecular weight is 388 g/mol. The quantitative estimate of drug-likeness (QED) is 0.221. The van der Waals surface area contributed by atoms with Gasteiger partial charge < -0.3 is 60.2 Å². The van der Waals surface area contributed by atoms with Gasteiger partial charge in [0, 0.05) is 6.61 Å². The maximum atomic E-state index is 9.94. The lowest BCUT2D eigenvalue weighted by Gasteiger charge is -2.45. The third-order valence-corrected chi connectivity index (χ3v) is 3.98. The second kappa shape index (κ2) is 10.8. The molecular formula is C14H28O12. The van der Waals surface area contributed by atoms with Gasteiger partial charge in [-0.15, -0.1) is 0 Å². The van der Waals surface area contributed by atoms with Crippen LogP contribution in [-0.4, -0.2) is 127 Å². The molecule has 2 heterocycles. The van der Waals surface area contributed by atoms with E-state index >= 15 is 0 Å². The van der Waals surface area contributed by atoms with Gasteiger partial charge >= 0.3 is 0 Å². The van der Waals surface area contributed by atoms with Crippen LogP contribution in [0.25, 0.3) is 0 Å². The number of rotatable bonds is 4. The molecule has 0 amide bonds. The van der Waals surface area contributed by atoms with Crippen molar-refractivity contribution < 1.29 is 60.2 Å². The number of aliphatic hydroxyl groups is 9. The van der Waals surface area contributed by atoms with Gasteiger partial charge in [-0.2, -0.15) is 0 Å². The van der Waals surface area contributed by atoms with Crippen molar-refractivity contribution in [2.45, 2.75) is 68.3 Å². The van der Waals surface area contributed by atoms with Crippen LogP contribution >= 0.6 is 0 Å². The van der Waals surface area contributed by atoms with E-state index in [0.717, 1.165) is 0 Å². The lowest BCUT2D eigenvalue weighted by Crippen LogP contribution is -2.64. The second-order valence-corrected chi connectivity index (χ2v) is 5.84. The molecule has 2 rings (SSSR count). The maximum absolute atomic E-state index is 9.94. The molecule has 0 spiro atoms. The number of ether oxygens (including phenoxy) is 3. The summed E-state index contributed by atoms with van der Waals surface area (Å²) in [4.78, 5) is 0. The fraction of sp³-hybridized carbons (Fsp3) is 1.00. The Labute approximate surface area is 149 Å². The predicted octanol–water partition coefficient (Wildman–Crippen LogP) is -5.40. The van der Waals surface area contributed by atoms with Gasteiger partial charge in [0.15, 0.2) is 12.6 Å². The summed E-state index contributed by atoms with van der Waals surface area (Å²) in [5.41, 5.74) is 0. The first-order valence-electron chi connectivity index (χ1n) is 8.10. The van der Waals surface area contributed by atoms with E-state index in [0.29, 0.717) is 0 Å². The van der Waals surface area contributed by atoms with Gasteiger partial charge in [-0.3, -0.25) is 0 Å². The van der Waals surface area contributed by atoms with Gasteiger partial charge in [-0.25, -0.2) is 0 Å². The molecule has 12 nitrogen and oxygen atoms in total. The summed E-state index contributed by atoms with van der Waals surface area (Å²) in [6, 6.07) is 0. The monoisotopic (exact) mass is 388 g/mol. The van der Waals surface area contributed by atoms with Crippen LogP contribution in [0.2, 0.25) is 0 Å². The first-order valence-corrected chi connectivity index (χ1v) is 8.10. The largest absolute Gasteiger partial charge is 0.397 e. The van der Waals surface area contributed by atoms with E-state index in [-0.39, 0.29) is 6.61 Å². The highest BCUT2D eigenvalue weighted by Gasteiger charge is 2.50. The summed E-state index contributed by atoms with van der Waals surface area (Å²) in [6.45, 7) is 0.586. The molecule has 10 atom stereocenters. The van der Waals surface area contributed by atoms with E-state index in [1.54, 1.807) is 6.92 Å². The molecule has 0 aromatic heterocycles. The molecule has 156 valence electrons. The predicted molar refractivity (Wildman–Crippen MR) is 81.4 cm³/mol. The summed E-state index contributed by atoms with van der Waals surface area (Å²) >= 11 is 0. The van der Waals surface area contributed by atoms with Crippen LogP contribution in [-0.2, 0) is 14.2 Å². The van der Waals surface area contributed by atoms with Crippen molar-refractivity contribution in [3.63, 3.8) is 0 Å². The molecule has 0 radical (unpaired) electrons. The van der Waals surface area contributed by atoms with Crippen molar-refractivity contribution >= 4 is 0 Å².